The molecular formula is C22H27FIN5O2S. The Morgan fingerprint density at radius 2 is 1.75 bits per heavy atom. The zero-order chi connectivity index (χ0) is 22.4. The Balaban J connectivity index is 0.00000363. The second-order valence-electron chi connectivity index (χ2n) is 7.29. The maximum atomic E-state index is 13.7. The summed E-state index contributed by atoms with van der Waals surface area (Å²) < 4.78 is 38.9. The van der Waals surface area contributed by atoms with Crippen LogP contribution in [0.15, 0.2) is 59.7 Å². The Labute approximate surface area is 205 Å². The molecule has 0 spiro atoms. The molecule has 10 heteroatoms. The van der Waals surface area contributed by atoms with E-state index in [1.54, 1.807) is 7.05 Å². The summed E-state index contributed by atoms with van der Waals surface area (Å²) in [7, 11) is -1.60. The molecule has 0 saturated carbocycles. The van der Waals surface area contributed by atoms with Crippen molar-refractivity contribution in [2.45, 2.75) is 25.8 Å². The van der Waals surface area contributed by atoms with Crippen molar-refractivity contribution in [3.63, 3.8) is 0 Å². The van der Waals surface area contributed by atoms with Crippen LogP contribution in [0.4, 0.5) is 4.39 Å². The highest BCUT2D eigenvalue weighted by atomic mass is 127. The monoisotopic (exact) mass is 571 g/mol. The Bertz CT molecular complexity index is 1190. The van der Waals surface area contributed by atoms with Crippen molar-refractivity contribution in [1.82, 2.24) is 20.4 Å². The summed E-state index contributed by atoms with van der Waals surface area (Å²) in [5.74, 6) is -0.0473. The number of hydrogen-bond donors (Lipinski definition) is 2. The van der Waals surface area contributed by atoms with E-state index in [9.17, 15) is 12.8 Å². The highest BCUT2D eigenvalue weighted by Crippen LogP contribution is 2.15. The highest BCUT2D eigenvalue weighted by molar-refractivity contribution is 14.0. The lowest BCUT2D eigenvalue weighted by atomic mass is 10.1. The summed E-state index contributed by atoms with van der Waals surface area (Å²) in [5, 5.41) is 10.8. The number of aromatic nitrogens is 2. The summed E-state index contributed by atoms with van der Waals surface area (Å²) >= 11 is 0. The first-order valence-electron chi connectivity index (χ1n) is 9.75. The second kappa shape index (κ2) is 11.4. The summed E-state index contributed by atoms with van der Waals surface area (Å²) in [6.07, 6.45) is 3.07. The molecule has 2 aromatic carbocycles. The number of benzene rings is 2. The summed E-state index contributed by atoms with van der Waals surface area (Å²) in [6.45, 7) is 2.67. The molecule has 0 unspecified atom stereocenters. The van der Waals surface area contributed by atoms with Crippen molar-refractivity contribution in [2.24, 2.45) is 4.99 Å². The van der Waals surface area contributed by atoms with Gasteiger partial charge in [0.1, 0.15) is 5.82 Å². The molecule has 0 saturated heterocycles. The van der Waals surface area contributed by atoms with Crippen LogP contribution in [0.25, 0.3) is 5.69 Å². The standard InChI is InChI=1S/C22H26FN5O2S.HI/c1-16-10-11-28(27-16)21-7-5-4-6-17(21)13-25-22(24-2)26-14-19-12-20(23)9-8-18(19)15-31(3,29)30;/h4-12H,13-15H2,1-3H3,(H2,24,25,26);1H. The first-order valence-corrected chi connectivity index (χ1v) is 11.8. The van der Waals surface area contributed by atoms with Gasteiger partial charge in [-0.05, 0) is 47.9 Å². The quantitative estimate of drug-likeness (QED) is 0.258. The van der Waals surface area contributed by atoms with Gasteiger partial charge in [-0.25, -0.2) is 17.5 Å². The lowest BCUT2D eigenvalue weighted by Gasteiger charge is -2.16. The number of aliphatic imine (C=N–C) groups is 1. The van der Waals surface area contributed by atoms with Gasteiger partial charge in [0, 0.05) is 32.6 Å². The predicted molar refractivity (Wildman–Crippen MR) is 136 cm³/mol. The number of para-hydroxylation sites is 1. The van der Waals surface area contributed by atoms with Gasteiger partial charge in [0.2, 0.25) is 0 Å². The molecule has 0 aliphatic carbocycles. The number of sulfone groups is 1. The van der Waals surface area contributed by atoms with Gasteiger partial charge < -0.3 is 10.6 Å². The molecule has 2 N–H and O–H groups in total. The molecule has 0 bridgehead atoms. The fraction of sp³-hybridized carbons (Fsp3) is 0.273. The largest absolute Gasteiger partial charge is 0.352 e. The van der Waals surface area contributed by atoms with Gasteiger partial charge in [0.05, 0.1) is 17.1 Å². The number of aryl methyl sites for hydroxylation is 1. The van der Waals surface area contributed by atoms with Crippen LogP contribution < -0.4 is 10.6 Å². The molecule has 0 aliphatic heterocycles. The van der Waals surface area contributed by atoms with Crippen LogP contribution in [0.2, 0.25) is 0 Å². The molecule has 0 atom stereocenters. The molecular weight excluding hydrogens is 544 g/mol. The smallest absolute Gasteiger partial charge is 0.191 e. The zero-order valence-corrected chi connectivity index (χ0v) is 21.3. The van der Waals surface area contributed by atoms with Crippen LogP contribution in [0.3, 0.4) is 0 Å². The Kier molecular flexibility index (Phi) is 9.20. The van der Waals surface area contributed by atoms with Gasteiger partial charge in [-0.3, -0.25) is 4.99 Å². The maximum Gasteiger partial charge on any atom is 0.191 e. The maximum absolute atomic E-state index is 13.7. The van der Waals surface area contributed by atoms with Crippen molar-refractivity contribution >= 4 is 39.8 Å². The van der Waals surface area contributed by atoms with Gasteiger partial charge in [0.25, 0.3) is 0 Å². The molecule has 3 rings (SSSR count). The predicted octanol–water partition coefficient (Wildman–Crippen LogP) is 3.35. The van der Waals surface area contributed by atoms with Crippen molar-refractivity contribution in [2.75, 3.05) is 13.3 Å². The minimum absolute atomic E-state index is 0. The average molecular weight is 571 g/mol. The van der Waals surface area contributed by atoms with Crippen LogP contribution in [-0.4, -0.2) is 37.5 Å². The zero-order valence-electron chi connectivity index (χ0n) is 18.2. The fourth-order valence-corrected chi connectivity index (χ4v) is 4.04. The number of halogens is 2. The summed E-state index contributed by atoms with van der Waals surface area (Å²) in [5.41, 5.74) is 4.04. The normalized spacial score (nSPS) is 11.7. The van der Waals surface area contributed by atoms with Gasteiger partial charge in [-0.1, -0.05) is 24.3 Å². The first kappa shape index (κ1) is 25.8. The minimum atomic E-state index is -3.24. The molecule has 0 amide bonds. The average Bonchev–Trinajstić information content (AvgIpc) is 3.15. The fourth-order valence-electron chi connectivity index (χ4n) is 3.19. The number of nitrogens with zero attached hydrogens (tertiary/aromatic N) is 3. The van der Waals surface area contributed by atoms with Crippen molar-refractivity contribution in [3.8, 4) is 5.69 Å². The summed E-state index contributed by atoms with van der Waals surface area (Å²) in [6, 6.07) is 14.0. The van der Waals surface area contributed by atoms with Crippen LogP contribution >= 0.6 is 24.0 Å². The third-order valence-corrected chi connectivity index (χ3v) is 5.50. The Hall–Kier alpha value is -2.47. The van der Waals surface area contributed by atoms with Crippen LogP contribution in [0.5, 0.6) is 0 Å². The van der Waals surface area contributed by atoms with Gasteiger partial charge in [-0.15, -0.1) is 24.0 Å². The van der Waals surface area contributed by atoms with Crippen molar-refractivity contribution < 1.29 is 12.8 Å². The van der Waals surface area contributed by atoms with Crippen LogP contribution in [-0.2, 0) is 28.7 Å². The van der Waals surface area contributed by atoms with Crippen molar-refractivity contribution in [1.29, 1.82) is 0 Å². The lowest BCUT2D eigenvalue weighted by molar-refractivity contribution is 0.599. The van der Waals surface area contributed by atoms with E-state index in [1.165, 1.54) is 18.2 Å². The van der Waals surface area contributed by atoms with Crippen LogP contribution in [0.1, 0.15) is 22.4 Å². The van der Waals surface area contributed by atoms with E-state index in [2.05, 4.69) is 20.7 Å². The van der Waals surface area contributed by atoms with E-state index < -0.39 is 15.7 Å². The number of rotatable bonds is 7. The molecule has 1 aromatic heterocycles. The highest BCUT2D eigenvalue weighted by Gasteiger charge is 2.12. The first-order chi connectivity index (χ1) is 14.7. The van der Waals surface area contributed by atoms with E-state index in [1.807, 2.05) is 48.1 Å². The van der Waals surface area contributed by atoms with E-state index in [0.717, 1.165) is 23.2 Å². The summed E-state index contributed by atoms with van der Waals surface area (Å²) in [4.78, 5) is 4.21. The molecule has 0 fully saturated rings. The minimum Gasteiger partial charge on any atom is -0.352 e. The molecule has 7 nitrogen and oxygen atoms in total. The lowest BCUT2D eigenvalue weighted by Crippen LogP contribution is -2.36. The molecule has 32 heavy (non-hydrogen) atoms. The van der Waals surface area contributed by atoms with Crippen molar-refractivity contribution in [3.05, 3.63) is 82.9 Å². The second-order valence-corrected chi connectivity index (χ2v) is 9.43. The number of nitrogens with one attached hydrogen (secondary N) is 2. The molecule has 0 radical (unpaired) electrons. The van der Waals surface area contributed by atoms with E-state index >= 15 is 0 Å². The molecule has 172 valence electrons. The third-order valence-electron chi connectivity index (χ3n) is 4.66. The van der Waals surface area contributed by atoms with Crippen LogP contribution in [0, 0.1) is 12.7 Å². The molecule has 1 heterocycles. The third kappa shape index (κ3) is 7.30. The SMILES string of the molecule is CN=C(NCc1cc(F)ccc1CS(C)(=O)=O)NCc1ccccc1-n1ccc(C)n1.I. The van der Waals surface area contributed by atoms with E-state index in [0.29, 0.717) is 23.6 Å². The number of hydrogen-bond acceptors (Lipinski definition) is 4. The molecule has 3 aromatic rings. The number of guanidine groups is 1. The topological polar surface area (TPSA) is 88.4 Å². The van der Waals surface area contributed by atoms with E-state index in [4.69, 9.17) is 0 Å². The van der Waals surface area contributed by atoms with E-state index in [-0.39, 0.29) is 36.3 Å². The Morgan fingerprint density at radius 3 is 2.38 bits per heavy atom. The van der Waals surface area contributed by atoms with Gasteiger partial charge in [0.15, 0.2) is 15.8 Å². The van der Waals surface area contributed by atoms with Gasteiger partial charge in [-0.2, -0.15) is 5.10 Å². The molecule has 0 aliphatic rings. The van der Waals surface area contributed by atoms with Gasteiger partial charge >= 0.3 is 0 Å². The Morgan fingerprint density at radius 1 is 1.06 bits per heavy atom.